The topological polar surface area (TPSA) is 17.1 Å². The van der Waals surface area contributed by atoms with Gasteiger partial charge in [-0.1, -0.05) is 25.1 Å². The van der Waals surface area contributed by atoms with Crippen LogP contribution < -0.4 is 0 Å². The Bertz CT molecular complexity index is 345. The minimum absolute atomic E-state index is 0.156. The Balaban J connectivity index is 3.35. The molecule has 0 unspecified atom stereocenters. The summed E-state index contributed by atoms with van der Waals surface area (Å²) in [4.78, 5) is 11.2. The monoisotopic (exact) mass is 198 g/mol. The molecule has 0 aromatic heterocycles. The summed E-state index contributed by atoms with van der Waals surface area (Å²) < 4.78 is 25.1. The molecular formula is C11H12F2O. The maximum absolute atomic E-state index is 12.6. The van der Waals surface area contributed by atoms with Gasteiger partial charge in [-0.05, 0) is 18.9 Å². The summed E-state index contributed by atoms with van der Waals surface area (Å²) in [6.45, 7) is 3.16. The van der Waals surface area contributed by atoms with Gasteiger partial charge in [0.15, 0.2) is 5.78 Å². The average molecular weight is 198 g/mol. The van der Waals surface area contributed by atoms with Crippen molar-refractivity contribution < 1.29 is 13.6 Å². The smallest absolute Gasteiger partial charge is 0.264 e. The van der Waals surface area contributed by atoms with Crippen LogP contribution in [0, 0.1) is 0 Å². The van der Waals surface area contributed by atoms with Gasteiger partial charge < -0.3 is 0 Å². The van der Waals surface area contributed by atoms with E-state index in [-0.39, 0.29) is 16.9 Å². The highest BCUT2D eigenvalue weighted by molar-refractivity contribution is 5.97. The third kappa shape index (κ3) is 1.97. The van der Waals surface area contributed by atoms with E-state index in [0.29, 0.717) is 12.0 Å². The highest BCUT2D eigenvalue weighted by atomic mass is 19.3. The predicted molar refractivity (Wildman–Crippen MR) is 50.8 cm³/mol. The number of carbonyl (C=O) groups excluding carboxylic acids is 1. The summed E-state index contributed by atoms with van der Waals surface area (Å²) in [6.07, 6.45) is -1.99. The number of ketones is 1. The van der Waals surface area contributed by atoms with Gasteiger partial charge in [0.05, 0.1) is 0 Å². The number of hydrogen-bond donors (Lipinski definition) is 0. The summed E-state index contributed by atoms with van der Waals surface area (Å²) in [5.74, 6) is -0.294. The second-order valence-corrected chi connectivity index (χ2v) is 3.09. The summed E-state index contributed by atoms with van der Waals surface area (Å²) in [6, 6.07) is 4.58. The molecule has 0 amide bonds. The van der Waals surface area contributed by atoms with Gasteiger partial charge in [-0.2, -0.15) is 0 Å². The molecule has 0 saturated heterocycles. The molecular weight excluding hydrogens is 186 g/mol. The van der Waals surface area contributed by atoms with Crippen LogP contribution in [0.4, 0.5) is 8.78 Å². The van der Waals surface area contributed by atoms with Crippen LogP contribution in [0.15, 0.2) is 18.2 Å². The summed E-state index contributed by atoms with van der Waals surface area (Å²) in [5.41, 5.74) is 0.720. The fraction of sp³-hybridized carbons (Fsp3) is 0.364. The number of Topliss-reactive ketones (excluding diaryl/α,β-unsaturated/α-hetero) is 1. The van der Waals surface area contributed by atoms with E-state index in [1.54, 1.807) is 12.1 Å². The van der Waals surface area contributed by atoms with Crippen LogP contribution in [0.2, 0.25) is 0 Å². The molecule has 0 N–H and O–H groups in total. The second-order valence-electron chi connectivity index (χ2n) is 3.09. The van der Waals surface area contributed by atoms with Gasteiger partial charge in [-0.3, -0.25) is 4.79 Å². The van der Waals surface area contributed by atoms with Crippen molar-refractivity contribution in [2.75, 3.05) is 0 Å². The van der Waals surface area contributed by atoms with Crippen LogP contribution in [0.25, 0.3) is 0 Å². The predicted octanol–water partition coefficient (Wildman–Crippen LogP) is 3.39. The largest absolute Gasteiger partial charge is 0.294 e. The fourth-order valence-electron chi connectivity index (χ4n) is 1.53. The number of alkyl halides is 2. The van der Waals surface area contributed by atoms with Crippen LogP contribution in [0.5, 0.6) is 0 Å². The molecule has 0 aliphatic heterocycles. The Morgan fingerprint density at radius 1 is 1.43 bits per heavy atom. The van der Waals surface area contributed by atoms with Crippen LogP contribution in [-0.4, -0.2) is 5.78 Å². The number of rotatable bonds is 3. The highest BCUT2D eigenvalue weighted by Crippen LogP contribution is 2.26. The van der Waals surface area contributed by atoms with E-state index in [4.69, 9.17) is 0 Å². The second kappa shape index (κ2) is 4.31. The molecule has 3 heteroatoms. The molecule has 0 aliphatic rings. The molecule has 0 spiro atoms. The van der Waals surface area contributed by atoms with Gasteiger partial charge in [-0.25, -0.2) is 8.78 Å². The lowest BCUT2D eigenvalue weighted by Gasteiger charge is -2.10. The lowest BCUT2D eigenvalue weighted by molar-refractivity contribution is 0.0998. The molecule has 1 rings (SSSR count). The maximum Gasteiger partial charge on any atom is 0.264 e. The molecule has 1 aromatic rings. The molecule has 0 fully saturated rings. The molecule has 0 bridgehead atoms. The van der Waals surface area contributed by atoms with Crippen molar-refractivity contribution in [2.24, 2.45) is 0 Å². The van der Waals surface area contributed by atoms with Gasteiger partial charge in [-0.15, -0.1) is 0 Å². The fourth-order valence-corrected chi connectivity index (χ4v) is 1.53. The Morgan fingerprint density at radius 2 is 2.07 bits per heavy atom. The normalized spacial score (nSPS) is 10.6. The van der Waals surface area contributed by atoms with Crippen LogP contribution in [0.1, 0.15) is 41.8 Å². The Labute approximate surface area is 81.7 Å². The van der Waals surface area contributed by atoms with Crippen LogP contribution in [-0.2, 0) is 6.42 Å². The first kappa shape index (κ1) is 10.8. The average Bonchev–Trinajstić information content (AvgIpc) is 2.16. The first-order valence-corrected chi connectivity index (χ1v) is 4.48. The minimum Gasteiger partial charge on any atom is -0.294 e. The van der Waals surface area contributed by atoms with Gasteiger partial charge in [0.1, 0.15) is 0 Å². The van der Waals surface area contributed by atoms with E-state index >= 15 is 0 Å². The van der Waals surface area contributed by atoms with Gasteiger partial charge in [0.25, 0.3) is 6.43 Å². The van der Waals surface area contributed by atoms with Gasteiger partial charge in [0, 0.05) is 11.1 Å². The summed E-state index contributed by atoms with van der Waals surface area (Å²) in [5, 5.41) is 0. The van der Waals surface area contributed by atoms with Crippen molar-refractivity contribution in [2.45, 2.75) is 26.7 Å². The van der Waals surface area contributed by atoms with Crippen molar-refractivity contribution >= 4 is 5.78 Å². The van der Waals surface area contributed by atoms with Gasteiger partial charge in [0.2, 0.25) is 0 Å². The van der Waals surface area contributed by atoms with Crippen molar-refractivity contribution in [3.63, 3.8) is 0 Å². The van der Waals surface area contributed by atoms with Crippen LogP contribution >= 0.6 is 0 Å². The lowest BCUT2D eigenvalue weighted by Crippen LogP contribution is -2.04. The molecule has 0 radical (unpaired) electrons. The number of hydrogen-bond acceptors (Lipinski definition) is 1. The zero-order valence-electron chi connectivity index (χ0n) is 8.18. The third-order valence-corrected chi connectivity index (χ3v) is 2.15. The van der Waals surface area contributed by atoms with E-state index in [1.807, 2.05) is 6.92 Å². The van der Waals surface area contributed by atoms with Gasteiger partial charge >= 0.3 is 0 Å². The van der Waals surface area contributed by atoms with Crippen molar-refractivity contribution in [3.8, 4) is 0 Å². The third-order valence-electron chi connectivity index (χ3n) is 2.15. The molecule has 1 aromatic carbocycles. The number of aryl methyl sites for hydroxylation is 1. The minimum atomic E-state index is -2.58. The molecule has 14 heavy (non-hydrogen) atoms. The highest BCUT2D eigenvalue weighted by Gasteiger charge is 2.17. The molecule has 1 nitrogen and oxygen atoms in total. The van der Waals surface area contributed by atoms with E-state index in [0.717, 1.165) is 0 Å². The molecule has 0 atom stereocenters. The summed E-state index contributed by atoms with van der Waals surface area (Å²) >= 11 is 0. The standard InChI is InChI=1S/C11H12F2O/c1-3-8-5-4-6-9(11(12)13)10(8)7(2)14/h4-6,11H,3H2,1-2H3. The van der Waals surface area contributed by atoms with E-state index in [2.05, 4.69) is 0 Å². The number of benzene rings is 1. The lowest BCUT2D eigenvalue weighted by atomic mass is 9.96. The summed E-state index contributed by atoms with van der Waals surface area (Å²) in [7, 11) is 0. The van der Waals surface area contributed by atoms with Crippen molar-refractivity contribution in [1.29, 1.82) is 0 Å². The maximum atomic E-state index is 12.6. The molecule has 0 aliphatic carbocycles. The van der Waals surface area contributed by atoms with E-state index < -0.39 is 6.43 Å². The Hall–Kier alpha value is -1.25. The molecule has 76 valence electrons. The van der Waals surface area contributed by atoms with E-state index in [1.165, 1.54) is 13.0 Å². The van der Waals surface area contributed by atoms with Crippen LogP contribution in [0.3, 0.4) is 0 Å². The first-order chi connectivity index (χ1) is 6.57. The molecule has 0 heterocycles. The van der Waals surface area contributed by atoms with E-state index in [9.17, 15) is 13.6 Å². The Morgan fingerprint density at radius 3 is 2.50 bits per heavy atom. The van der Waals surface area contributed by atoms with Crippen molar-refractivity contribution in [1.82, 2.24) is 0 Å². The Kier molecular flexibility index (Phi) is 3.33. The number of halogens is 2. The SMILES string of the molecule is CCc1cccc(C(F)F)c1C(C)=O. The zero-order valence-corrected chi connectivity index (χ0v) is 8.18. The zero-order chi connectivity index (χ0) is 10.7. The first-order valence-electron chi connectivity index (χ1n) is 4.48. The van der Waals surface area contributed by atoms with Crippen molar-refractivity contribution in [3.05, 3.63) is 34.9 Å². The molecule has 0 saturated carbocycles. The quantitative estimate of drug-likeness (QED) is 0.680. The number of carbonyl (C=O) groups is 1.